The average Bonchev–Trinajstić information content (AvgIpc) is 2.44. The first-order chi connectivity index (χ1) is 9.17. The standard InChI is InChI=1S/C14H17NO4/c1-2-6-13(17)12(9-16)15-14(18)19-10-11-7-4-3-5-8-11/h2-5,7-9,12-13,17H,1,6,10H2,(H,15,18)/t12-,13?/m1/s1. The fourth-order valence-electron chi connectivity index (χ4n) is 1.44. The van der Waals surface area contributed by atoms with Gasteiger partial charge in [-0.05, 0) is 12.0 Å². The molecule has 2 atom stereocenters. The van der Waals surface area contributed by atoms with Gasteiger partial charge in [0.1, 0.15) is 18.9 Å². The van der Waals surface area contributed by atoms with Crippen LogP contribution in [0.1, 0.15) is 12.0 Å². The van der Waals surface area contributed by atoms with Crippen molar-refractivity contribution in [3.05, 3.63) is 48.6 Å². The first-order valence-electron chi connectivity index (χ1n) is 5.89. The van der Waals surface area contributed by atoms with Crippen LogP contribution in [0.2, 0.25) is 0 Å². The van der Waals surface area contributed by atoms with Crippen LogP contribution < -0.4 is 5.32 Å². The van der Waals surface area contributed by atoms with Crippen LogP contribution in [-0.2, 0) is 16.1 Å². The maximum atomic E-state index is 11.5. The molecule has 0 aliphatic rings. The van der Waals surface area contributed by atoms with Crippen molar-refractivity contribution in [1.82, 2.24) is 5.32 Å². The molecule has 0 radical (unpaired) electrons. The van der Waals surface area contributed by atoms with E-state index in [2.05, 4.69) is 11.9 Å². The zero-order chi connectivity index (χ0) is 14.1. The van der Waals surface area contributed by atoms with Crippen molar-refractivity contribution in [2.24, 2.45) is 0 Å². The lowest BCUT2D eigenvalue weighted by Crippen LogP contribution is -2.44. The number of aliphatic hydroxyl groups excluding tert-OH is 1. The molecule has 0 aliphatic heterocycles. The molecule has 0 aliphatic carbocycles. The Kier molecular flexibility index (Phi) is 6.32. The van der Waals surface area contributed by atoms with Gasteiger partial charge >= 0.3 is 6.09 Å². The molecule has 1 aromatic rings. The average molecular weight is 263 g/mol. The van der Waals surface area contributed by atoms with Crippen LogP contribution in [0, 0.1) is 0 Å². The van der Waals surface area contributed by atoms with Crippen molar-refractivity contribution in [2.45, 2.75) is 25.2 Å². The van der Waals surface area contributed by atoms with Gasteiger partial charge in [0.05, 0.1) is 6.10 Å². The number of hydrogen-bond donors (Lipinski definition) is 2. The van der Waals surface area contributed by atoms with Gasteiger partial charge in [0.25, 0.3) is 0 Å². The van der Waals surface area contributed by atoms with E-state index in [1.165, 1.54) is 6.08 Å². The Hall–Kier alpha value is -2.14. The summed E-state index contributed by atoms with van der Waals surface area (Å²) in [6.07, 6.45) is 0.404. The molecule has 5 nitrogen and oxygen atoms in total. The topological polar surface area (TPSA) is 75.6 Å². The van der Waals surface area contributed by atoms with Crippen LogP contribution >= 0.6 is 0 Å². The van der Waals surface area contributed by atoms with Gasteiger partial charge < -0.3 is 20.0 Å². The number of alkyl carbamates (subject to hydrolysis) is 1. The molecular formula is C14H17NO4. The highest BCUT2D eigenvalue weighted by Crippen LogP contribution is 2.02. The summed E-state index contributed by atoms with van der Waals surface area (Å²) in [6.45, 7) is 3.56. The number of ether oxygens (including phenoxy) is 1. The van der Waals surface area contributed by atoms with Crippen molar-refractivity contribution in [3.8, 4) is 0 Å². The van der Waals surface area contributed by atoms with Crippen molar-refractivity contribution < 1.29 is 19.4 Å². The van der Waals surface area contributed by atoms with Crippen molar-refractivity contribution in [1.29, 1.82) is 0 Å². The summed E-state index contributed by atoms with van der Waals surface area (Å²) in [5, 5.41) is 11.9. The van der Waals surface area contributed by atoms with Crippen LogP contribution in [0.5, 0.6) is 0 Å². The summed E-state index contributed by atoms with van der Waals surface area (Å²) in [7, 11) is 0. The number of carbonyl (C=O) groups is 2. The third kappa shape index (κ3) is 5.35. The van der Waals surface area contributed by atoms with Gasteiger partial charge in [-0.25, -0.2) is 4.79 Å². The molecule has 19 heavy (non-hydrogen) atoms. The van der Waals surface area contributed by atoms with Gasteiger partial charge in [0.2, 0.25) is 0 Å². The zero-order valence-corrected chi connectivity index (χ0v) is 10.5. The van der Waals surface area contributed by atoms with Crippen molar-refractivity contribution in [2.75, 3.05) is 0 Å². The van der Waals surface area contributed by atoms with E-state index in [4.69, 9.17) is 4.74 Å². The highest BCUT2D eigenvalue weighted by atomic mass is 16.5. The molecule has 1 unspecified atom stereocenters. The summed E-state index contributed by atoms with van der Waals surface area (Å²) < 4.78 is 4.94. The molecule has 0 saturated carbocycles. The minimum absolute atomic E-state index is 0.107. The van der Waals surface area contributed by atoms with Gasteiger partial charge in [-0.1, -0.05) is 36.4 Å². The fraction of sp³-hybridized carbons (Fsp3) is 0.286. The van der Waals surface area contributed by atoms with E-state index in [-0.39, 0.29) is 13.0 Å². The van der Waals surface area contributed by atoms with Crippen molar-refractivity contribution >= 4 is 12.4 Å². The summed E-state index contributed by atoms with van der Waals surface area (Å²) in [6, 6.07) is 8.16. The third-order valence-electron chi connectivity index (χ3n) is 2.47. The Labute approximate surface area is 111 Å². The second-order valence-electron chi connectivity index (χ2n) is 3.96. The Balaban J connectivity index is 2.41. The van der Waals surface area contributed by atoms with Crippen LogP contribution in [0.15, 0.2) is 43.0 Å². The van der Waals surface area contributed by atoms with E-state index in [9.17, 15) is 14.7 Å². The molecule has 0 fully saturated rings. The fourth-order valence-corrected chi connectivity index (χ4v) is 1.44. The zero-order valence-electron chi connectivity index (χ0n) is 10.5. The molecule has 102 valence electrons. The largest absolute Gasteiger partial charge is 0.445 e. The summed E-state index contributed by atoms with van der Waals surface area (Å²) in [4.78, 5) is 22.2. The maximum absolute atomic E-state index is 11.5. The number of carbonyl (C=O) groups excluding carboxylic acids is 2. The number of rotatable bonds is 7. The van der Waals surface area contributed by atoms with Gasteiger partial charge in [-0.15, -0.1) is 6.58 Å². The maximum Gasteiger partial charge on any atom is 0.408 e. The molecular weight excluding hydrogens is 246 g/mol. The number of hydrogen-bond acceptors (Lipinski definition) is 4. The van der Waals surface area contributed by atoms with Gasteiger partial charge in [0.15, 0.2) is 0 Å². The summed E-state index contributed by atoms with van der Waals surface area (Å²) in [5.41, 5.74) is 0.840. The number of aliphatic hydroxyl groups is 1. The highest BCUT2D eigenvalue weighted by molar-refractivity contribution is 5.73. The van der Waals surface area contributed by atoms with E-state index in [1.807, 2.05) is 30.3 Å². The Morgan fingerprint density at radius 2 is 2.11 bits per heavy atom. The molecule has 0 saturated heterocycles. The first kappa shape index (κ1) is 14.9. The normalized spacial score (nSPS) is 13.1. The Bertz CT molecular complexity index is 419. The lowest BCUT2D eigenvalue weighted by molar-refractivity contribution is -0.111. The quantitative estimate of drug-likeness (QED) is 0.576. The van der Waals surface area contributed by atoms with Crippen molar-refractivity contribution in [3.63, 3.8) is 0 Å². The molecule has 0 bridgehead atoms. The first-order valence-corrected chi connectivity index (χ1v) is 5.89. The number of nitrogens with one attached hydrogen (secondary N) is 1. The lowest BCUT2D eigenvalue weighted by atomic mass is 10.1. The van der Waals surface area contributed by atoms with Crippen LogP contribution in [0.4, 0.5) is 4.79 Å². The van der Waals surface area contributed by atoms with Gasteiger partial charge in [-0.2, -0.15) is 0 Å². The van der Waals surface area contributed by atoms with Crippen LogP contribution in [0.25, 0.3) is 0 Å². The highest BCUT2D eigenvalue weighted by Gasteiger charge is 2.20. The lowest BCUT2D eigenvalue weighted by Gasteiger charge is -2.17. The van der Waals surface area contributed by atoms with E-state index < -0.39 is 18.2 Å². The van der Waals surface area contributed by atoms with E-state index >= 15 is 0 Å². The van der Waals surface area contributed by atoms with Crippen LogP contribution in [0.3, 0.4) is 0 Å². The SMILES string of the molecule is C=CCC(O)[C@@H](C=O)NC(=O)OCc1ccccc1. The van der Waals surface area contributed by atoms with E-state index in [1.54, 1.807) is 0 Å². The number of benzene rings is 1. The summed E-state index contributed by atoms with van der Waals surface area (Å²) >= 11 is 0. The molecule has 0 heterocycles. The molecule has 0 spiro atoms. The second kappa shape index (κ2) is 8.05. The molecule has 5 heteroatoms. The Morgan fingerprint density at radius 3 is 2.68 bits per heavy atom. The predicted molar refractivity (Wildman–Crippen MR) is 70.4 cm³/mol. The predicted octanol–water partition coefficient (Wildman–Crippen LogP) is 1.42. The minimum Gasteiger partial charge on any atom is -0.445 e. The van der Waals surface area contributed by atoms with E-state index in [0.717, 1.165) is 5.56 Å². The Morgan fingerprint density at radius 1 is 1.42 bits per heavy atom. The number of amides is 1. The summed E-state index contributed by atoms with van der Waals surface area (Å²) in [5.74, 6) is 0. The molecule has 0 aromatic heterocycles. The molecule has 1 aromatic carbocycles. The second-order valence-corrected chi connectivity index (χ2v) is 3.96. The minimum atomic E-state index is -1.00. The van der Waals surface area contributed by atoms with E-state index in [0.29, 0.717) is 6.29 Å². The molecule has 2 N–H and O–H groups in total. The van der Waals surface area contributed by atoms with Gasteiger partial charge in [-0.3, -0.25) is 0 Å². The van der Waals surface area contributed by atoms with Gasteiger partial charge in [0, 0.05) is 0 Å². The smallest absolute Gasteiger partial charge is 0.408 e. The molecule has 1 rings (SSSR count). The number of aldehydes is 1. The van der Waals surface area contributed by atoms with Crippen LogP contribution in [-0.4, -0.2) is 29.6 Å². The molecule has 1 amide bonds. The third-order valence-corrected chi connectivity index (χ3v) is 2.47. The monoisotopic (exact) mass is 263 g/mol.